The van der Waals surface area contributed by atoms with Crippen LogP contribution >= 0.6 is 0 Å². The summed E-state index contributed by atoms with van der Waals surface area (Å²) in [6.45, 7) is 3.88. The summed E-state index contributed by atoms with van der Waals surface area (Å²) >= 11 is 0. The molecule has 2 aromatic rings. The van der Waals surface area contributed by atoms with E-state index in [1.807, 2.05) is 13.8 Å². The van der Waals surface area contributed by atoms with E-state index in [1.165, 1.54) is 18.3 Å². The SMILES string of the molecule is CC(C)C(NC(=O)c1ccc(C(=O)O)nc1)c1nc(C2CC2)no1. The number of carboxylic acid groups (broad SMARTS) is 1. The number of hydrogen-bond acceptors (Lipinski definition) is 6. The highest BCUT2D eigenvalue weighted by Gasteiger charge is 2.31. The second kappa shape index (κ2) is 6.38. The lowest BCUT2D eigenvalue weighted by atomic mass is 10.0. The molecule has 2 aromatic heterocycles. The first-order valence-corrected chi connectivity index (χ1v) is 7.79. The van der Waals surface area contributed by atoms with Crippen LogP contribution in [0.25, 0.3) is 0 Å². The van der Waals surface area contributed by atoms with Crippen molar-refractivity contribution in [3.05, 3.63) is 41.3 Å². The average Bonchev–Trinajstić information content (AvgIpc) is 3.30. The number of nitrogens with zero attached hydrogens (tertiary/aromatic N) is 3. The third-order valence-electron chi connectivity index (χ3n) is 3.86. The Labute approximate surface area is 138 Å². The average molecular weight is 330 g/mol. The van der Waals surface area contributed by atoms with Crippen molar-refractivity contribution in [1.82, 2.24) is 20.4 Å². The topological polar surface area (TPSA) is 118 Å². The molecule has 1 unspecified atom stereocenters. The number of carbonyl (C=O) groups is 2. The van der Waals surface area contributed by atoms with Crippen LogP contribution in [0, 0.1) is 5.92 Å². The number of aromatic carboxylic acids is 1. The molecule has 8 nitrogen and oxygen atoms in total. The van der Waals surface area contributed by atoms with E-state index in [4.69, 9.17) is 9.63 Å². The predicted molar refractivity (Wildman–Crippen MR) is 82.5 cm³/mol. The van der Waals surface area contributed by atoms with Crippen LogP contribution in [-0.4, -0.2) is 32.1 Å². The standard InChI is InChI=1S/C16H18N4O4/c1-8(2)12(15-19-13(20-24-15)9-3-4-9)18-14(21)10-5-6-11(16(22)23)17-7-10/h5-9,12H,3-4H2,1-2H3,(H,18,21)(H,22,23). The molecule has 0 radical (unpaired) electrons. The molecule has 0 aromatic carbocycles. The second-order valence-corrected chi connectivity index (χ2v) is 6.20. The van der Waals surface area contributed by atoms with Gasteiger partial charge in [0.25, 0.3) is 5.91 Å². The van der Waals surface area contributed by atoms with Crippen molar-refractivity contribution in [3.63, 3.8) is 0 Å². The fraction of sp³-hybridized carbons (Fsp3) is 0.438. The highest BCUT2D eigenvalue weighted by Crippen LogP contribution is 2.38. The first kappa shape index (κ1) is 16.1. The van der Waals surface area contributed by atoms with E-state index in [0.29, 0.717) is 17.6 Å². The van der Waals surface area contributed by atoms with Gasteiger partial charge in [-0.05, 0) is 30.9 Å². The van der Waals surface area contributed by atoms with Crippen molar-refractivity contribution in [3.8, 4) is 0 Å². The van der Waals surface area contributed by atoms with Crippen LogP contribution in [0.4, 0.5) is 0 Å². The van der Waals surface area contributed by atoms with Gasteiger partial charge in [-0.25, -0.2) is 9.78 Å². The molecule has 1 amide bonds. The summed E-state index contributed by atoms with van der Waals surface area (Å²) in [5, 5.41) is 15.7. The molecule has 0 spiro atoms. The summed E-state index contributed by atoms with van der Waals surface area (Å²) in [5.74, 6) is -0.0102. The summed E-state index contributed by atoms with van der Waals surface area (Å²) < 4.78 is 5.31. The van der Waals surface area contributed by atoms with Crippen LogP contribution in [0.15, 0.2) is 22.9 Å². The zero-order chi connectivity index (χ0) is 17.3. The van der Waals surface area contributed by atoms with Gasteiger partial charge < -0.3 is 14.9 Å². The third-order valence-corrected chi connectivity index (χ3v) is 3.86. The normalized spacial score (nSPS) is 15.3. The minimum atomic E-state index is -1.14. The molecular formula is C16H18N4O4. The van der Waals surface area contributed by atoms with E-state index in [1.54, 1.807) is 0 Å². The van der Waals surface area contributed by atoms with Crippen molar-refractivity contribution in [2.75, 3.05) is 0 Å². The van der Waals surface area contributed by atoms with Crippen molar-refractivity contribution < 1.29 is 19.2 Å². The monoisotopic (exact) mass is 330 g/mol. The molecule has 126 valence electrons. The highest BCUT2D eigenvalue weighted by atomic mass is 16.5. The molecule has 1 aliphatic carbocycles. The molecular weight excluding hydrogens is 312 g/mol. The van der Waals surface area contributed by atoms with Gasteiger partial charge in [-0.2, -0.15) is 4.98 Å². The van der Waals surface area contributed by atoms with Gasteiger partial charge in [-0.15, -0.1) is 0 Å². The van der Waals surface area contributed by atoms with Crippen molar-refractivity contribution >= 4 is 11.9 Å². The Balaban J connectivity index is 1.74. The summed E-state index contributed by atoms with van der Waals surface area (Å²) in [4.78, 5) is 31.3. The predicted octanol–water partition coefficient (Wildman–Crippen LogP) is 2.17. The van der Waals surface area contributed by atoms with Gasteiger partial charge in [0.05, 0.1) is 5.56 Å². The Bertz CT molecular complexity index is 750. The lowest BCUT2D eigenvalue weighted by Crippen LogP contribution is -2.32. The number of nitrogens with one attached hydrogen (secondary N) is 1. The van der Waals surface area contributed by atoms with Gasteiger partial charge in [0, 0.05) is 12.1 Å². The summed E-state index contributed by atoms with van der Waals surface area (Å²) in [6, 6.07) is 2.29. The smallest absolute Gasteiger partial charge is 0.354 e. The zero-order valence-electron chi connectivity index (χ0n) is 13.4. The number of amides is 1. The minimum absolute atomic E-state index is 0.0488. The van der Waals surface area contributed by atoms with Crippen LogP contribution in [0.2, 0.25) is 0 Å². The number of carbonyl (C=O) groups excluding carboxylic acids is 1. The lowest BCUT2D eigenvalue weighted by Gasteiger charge is -2.18. The van der Waals surface area contributed by atoms with E-state index < -0.39 is 12.0 Å². The Morgan fingerprint density at radius 3 is 2.62 bits per heavy atom. The van der Waals surface area contributed by atoms with Gasteiger partial charge in [-0.3, -0.25) is 4.79 Å². The molecule has 1 aliphatic rings. The van der Waals surface area contributed by atoms with Gasteiger partial charge in [0.15, 0.2) is 5.82 Å². The number of carboxylic acids is 1. The molecule has 24 heavy (non-hydrogen) atoms. The maximum atomic E-state index is 12.4. The number of hydrogen-bond donors (Lipinski definition) is 2. The van der Waals surface area contributed by atoms with Crippen molar-refractivity contribution in [2.24, 2.45) is 5.92 Å². The maximum Gasteiger partial charge on any atom is 0.354 e. The third kappa shape index (κ3) is 3.42. The summed E-state index contributed by atoms with van der Waals surface area (Å²) in [6.07, 6.45) is 3.37. The molecule has 0 saturated heterocycles. The van der Waals surface area contributed by atoms with Crippen LogP contribution in [0.5, 0.6) is 0 Å². The summed E-state index contributed by atoms with van der Waals surface area (Å²) in [7, 11) is 0. The molecule has 0 bridgehead atoms. The van der Waals surface area contributed by atoms with Gasteiger partial charge >= 0.3 is 5.97 Å². The molecule has 1 saturated carbocycles. The van der Waals surface area contributed by atoms with Crippen LogP contribution in [0.3, 0.4) is 0 Å². The van der Waals surface area contributed by atoms with E-state index in [2.05, 4.69) is 20.4 Å². The first-order valence-electron chi connectivity index (χ1n) is 7.79. The van der Waals surface area contributed by atoms with E-state index in [9.17, 15) is 9.59 Å². The van der Waals surface area contributed by atoms with Crippen LogP contribution in [-0.2, 0) is 0 Å². The quantitative estimate of drug-likeness (QED) is 0.833. The van der Waals surface area contributed by atoms with Gasteiger partial charge in [-0.1, -0.05) is 19.0 Å². The van der Waals surface area contributed by atoms with Gasteiger partial charge in [0.1, 0.15) is 11.7 Å². The van der Waals surface area contributed by atoms with E-state index in [0.717, 1.165) is 12.8 Å². The van der Waals surface area contributed by atoms with Crippen LogP contribution < -0.4 is 5.32 Å². The fourth-order valence-electron chi connectivity index (χ4n) is 2.27. The zero-order valence-corrected chi connectivity index (χ0v) is 13.4. The fourth-order valence-corrected chi connectivity index (χ4v) is 2.27. The lowest BCUT2D eigenvalue weighted by molar-refractivity contribution is 0.0689. The Kier molecular flexibility index (Phi) is 4.28. The highest BCUT2D eigenvalue weighted by molar-refractivity contribution is 5.95. The summed E-state index contributed by atoms with van der Waals surface area (Å²) in [5.41, 5.74) is 0.158. The number of rotatable bonds is 6. The molecule has 2 heterocycles. The number of aromatic nitrogens is 3. The van der Waals surface area contributed by atoms with E-state index in [-0.39, 0.29) is 23.1 Å². The first-order chi connectivity index (χ1) is 11.5. The molecule has 2 N–H and O–H groups in total. The Morgan fingerprint density at radius 2 is 2.08 bits per heavy atom. The van der Waals surface area contributed by atoms with Crippen molar-refractivity contribution in [2.45, 2.75) is 38.6 Å². The minimum Gasteiger partial charge on any atom is -0.477 e. The van der Waals surface area contributed by atoms with E-state index >= 15 is 0 Å². The molecule has 0 aliphatic heterocycles. The second-order valence-electron chi connectivity index (χ2n) is 6.20. The maximum absolute atomic E-state index is 12.4. The Hall–Kier alpha value is -2.77. The largest absolute Gasteiger partial charge is 0.477 e. The number of pyridine rings is 1. The van der Waals surface area contributed by atoms with Crippen molar-refractivity contribution in [1.29, 1.82) is 0 Å². The molecule has 1 fully saturated rings. The van der Waals surface area contributed by atoms with Gasteiger partial charge in [0.2, 0.25) is 5.89 Å². The van der Waals surface area contributed by atoms with Crippen LogP contribution in [0.1, 0.15) is 71.2 Å². The molecule has 3 rings (SSSR count). The molecule has 8 heteroatoms. The molecule has 1 atom stereocenters. The Morgan fingerprint density at radius 1 is 1.33 bits per heavy atom.